The first-order chi connectivity index (χ1) is 20.1. The van der Waals surface area contributed by atoms with Crippen LogP contribution in [0.2, 0.25) is 0 Å². The Labute approximate surface area is 248 Å². The van der Waals surface area contributed by atoms with Gasteiger partial charge in [-0.3, -0.25) is 0 Å². The van der Waals surface area contributed by atoms with Crippen LogP contribution in [0.3, 0.4) is 0 Å². The molecule has 0 saturated heterocycles. The van der Waals surface area contributed by atoms with E-state index < -0.39 is 20.2 Å². The predicted molar refractivity (Wildman–Crippen MR) is 159 cm³/mol. The van der Waals surface area contributed by atoms with E-state index in [0.29, 0.717) is 46.6 Å². The van der Waals surface area contributed by atoms with Crippen molar-refractivity contribution in [2.45, 2.75) is 105 Å². The lowest BCUT2D eigenvalue weighted by Gasteiger charge is -2.34. The number of hydrogen-bond donors (Lipinski definition) is 0. The van der Waals surface area contributed by atoms with Crippen molar-refractivity contribution < 1.29 is 25.6 Å². The standard InChI is InChI=1S/C34H38O6S2/c35-41(36,37)31-12-11-30(26-7-3-4-8-27(26)31)40-42(38,39)33-29(28-18-22-9-10-24(28)17-22)19-23-5-1-2-6-25(23)32(33)34-15-13-21(20-34)14-16-34/h1-2,5-6,11-12,19,21-22,24,28H,3-4,7-10,13-18,20H2,(H,35,36,37)/p-1. The number of rotatable bonds is 6. The summed E-state index contributed by atoms with van der Waals surface area (Å²) in [7, 11) is -8.98. The molecule has 5 aliphatic carbocycles. The lowest BCUT2D eigenvalue weighted by molar-refractivity contribution is 0.396. The summed E-state index contributed by atoms with van der Waals surface area (Å²) in [5.74, 6) is 2.14. The molecule has 6 nitrogen and oxygen atoms in total. The highest BCUT2D eigenvalue weighted by Crippen LogP contribution is 2.61. The van der Waals surface area contributed by atoms with Crippen LogP contribution in [0, 0.1) is 17.8 Å². The fourth-order valence-electron chi connectivity index (χ4n) is 9.86. The van der Waals surface area contributed by atoms with Gasteiger partial charge in [0.1, 0.15) is 20.8 Å². The monoisotopic (exact) mass is 605 g/mol. The van der Waals surface area contributed by atoms with Crippen molar-refractivity contribution in [2.24, 2.45) is 17.8 Å². The molecule has 8 rings (SSSR count). The molecule has 3 aromatic carbocycles. The second-order valence-corrected chi connectivity index (χ2v) is 16.6. The lowest BCUT2D eigenvalue weighted by atomic mass is 9.73. The Morgan fingerprint density at radius 1 is 0.833 bits per heavy atom. The lowest BCUT2D eigenvalue weighted by Crippen LogP contribution is -2.28. The molecule has 0 heterocycles. The van der Waals surface area contributed by atoms with E-state index in [1.165, 1.54) is 25.0 Å². The molecule has 0 radical (unpaired) electrons. The van der Waals surface area contributed by atoms with Crippen molar-refractivity contribution in [1.29, 1.82) is 0 Å². The van der Waals surface area contributed by atoms with Gasteiger partial charge in [0, 0.05) is 5.56 Å². The third-order valence-electron chi connectivity index (χ3n) is 11.6. The van der Waals surface area contributed by atoms with Crippen LogP contribution in [-0.2, 0) is 38.5 Å². The van der Waals surface area contributed by atoms with Crippen molar-refractivity contribution in [3.8, 4) is 5.75 Å². The van der Waals surface area contributed by atoms with Gasteiger partial charge in [-0.1, -0.05) is 30.7 Å². The number of hydrogen-bond acceptors (Lipinski definition) is 6. The number of benzene rings is 3. The molecular weight excluding hydrogens is 569 g/mol. The SMILES string of the molecule is O=S(=O)([O-])c1ccc(OS(=O)(=O)c2c(C3CC4CCC3C4)cc3ccccc3c2C23CCC(CC2)C3)c2c1CCCC2. The van der Waals surface area contributed by atoms with E-state index >= 15 is 0 Å². The molecular formula is C34H37O6S2-. The first kappa shape index (κ1) is 27.2. The van der Waals surface area contributed by atoms with Crippen LogP contribution in [-0.4, -0.2) is 21.4 Å². The van der Waals surface area contributed by atoms with Crippen molar-refractivity contribution in [3.05, 3.63) is 64.7 Å². The zero-order valence-electron chi connectivity index (χ0n) is 23.8. The highest BCUT2D eigenvalue weighted by atomic mass is 32.2. The Hall–Kier alpha value is -2.42. The topological polar surface area (TPSA) is 101 Å². The Bertz CT molecular complexity index is 1820. The van der Waals surface area contributed by atoms with Gasteiger partial charge in [0.25, 0.3) is 0 Å². The molecule has 0 N–H and O–H groups in total. The Kier molecular flexibility index (Phi) is 6.17. The van der Waals surface area contributed by atoms with Gasteiger partial charge < -0.3 is 8.74 Å². The minimum absolute atomic E-state index is 0.170. The van der Waals surface area contributed by atoms with Gasteiger partial charge >= 0.3 is 10.1 Å². The van der Waals surface area contributed by atoms with Crippen molar-refractivity contribution >= 4 is 31.0 Å². The summed E-state index contributed by atoms with van der Waals surface area (Å²) in [5, 5.41) is 2.13. The van der Waals surface area contributed by atoms with Crippen LogP contribution in [0.15, 0.2) is 52.3 Å². The average Bonchev–Trinajstić information content (AvgIpc) is 3.78. The minimum Gasteiger partial charge on any atom is -0.744 e. The van der Waals surface area contributed by atoms with E-state index in [9.17, 15) is 21.4 Å². The molecule has 8 heteroatoms. The van der Waals surface area contributed by atoms with Crippen molar-refractivity contribution in [1.82, 2.24) is 0 Å². The predicted octanol–water partition coefficient (Wildman–Crippen LogP) is 7.13. The fourth-order valence-corrected chi connectivity index (χ4v) is 12.2. The molecule has 0 aromatic heterocycles. The van der Waals surface area contributed by atoms with Crippen LogP contribution in [0.1, 0.15) is 98.8 Å². The molecule has 0 amide bonds. The minimum atomic E-state index is -4.68. The largest absolute Gasteiger partial charge is 0.744 e. The Morgan fingerprint density at radius 3 is 2.26 bits per heavy atom. The quantitative estimate of drug-likeness (QED) is 0.219. The van der Waals surface area contributed by atoms with E-state index in [-0.39, 0.29) is 22.0 Å². The zero-order chi connectivity index (χ0) is 28.9. The van der Waals surface area contributed by atoms with Gasteiger partial charge in [0.2, 0.25) is 0 Å². The van der Waals surface area contributed by atoms with E-state index in [0.717, 1.165) is 79.7 Å². The van der Waals surface area contributed by atoms with Gasteiger partial charge in [0.15, 0.2) is 0 Å². The summed E-state index contributed by atoms with van der Waals surface area (Å²) in [4.78, 5) is 0.129. The maximum Gasteiger partial charge on any atom is 0.339 e. The highest BCUT2D eigenvalue weighted by Gasteiger charge is 2.51. The van der Waals surface area contributed by atoms with E-state index in [4.69, 9.17) is 4.18 Å². The van der Waals surface area contributed by atoms with Crippen LogP contribution in [0.5, 0.6) is 5.75 Å². The smallest absolute Gasteiger partial charge is 0.339 e. The summed E-state index contributed by atoms with van der Waals surface area (Å²) in [6.45, 7) is 0. The van der Waals surface area contributed by atoms with E-state index in [2.05, 4.69) is 18.2 Å². The molecule has 3 unspecified atom stereocenters. The average molecular weight is 606 g/mol. The summed E-state index contributed by atoms with van der Waals surface area (Å²) < 4.78 is 72.0. The normalized spacial score (nSPS) is 30.2. The first-order valence-corrected chi connectivity index (χ1v) is 18.6. The van der Waals surface area contributed by atoms with Crippen molar-refractivity contribution in [2.75, 3.05) is 0 Å². The van der Waals surface area contributed by atoms with E-state index in [1.54, 1.807) is 0 Å². The summed E-state index contributed by atoms with van der Waals surface area (Å²) >= 11 is 0. The summed E-state index contributed by atoms with van der Waals surface area (Å²) in [5.41, 5.74) is 2.68. The molecule has 3 aromatic rings. The molecule has 0 aliphatic heterocycles. The first-order valence-electron chi connectivity index (χ1n) is 15.7. The summed E-state index contributed by atoms with van der Waals surface area (Å²) in [6.07, 6.45) is 12.3. The van der Waals surface area contributed by atoms with Crippen molar-refractivity contribution in [3.63, 3.8) is 0 Å². The van der Waals surface area contributed by atoms with Gasteiger partial charge in [0.05, 0.1) is 4.90 Å². The van der Waals surface area contributed by atoms with E-state index in [1.807, 2.05) is 12.1 Å². The molecule has 0 spiro atoms. The molecule has 4 fully saturated rings. The molecule has 42 heavy (non-hydrogen) atoms. The van der Waals surface area contributed by atoms with Gasteiger partial charge in [-0.05, 0) is 152 Å². The van der Waals surface area contributed by atoms with Crippen LogP contribution < -0.4 is 4.18 Å². The highest BCUT2D eigenvalue weighted by molar-refractivity contribution is 7.87. The molecule has 222 valence electrons. The second-order valence-electron chi connectivity index (χ2n) is 13.8. The van der Waals surface area contributed by atoms with Crippen LogP contribution >= 0.6 is 0 Å². The molecule has 5 aliphatic rings. The third-order valence-corrected chi connectivity index (χ3v) is 13.9. The van der Waals surface area contributed by atoms with Crippen LogP contribution in [0.25, 0.3) is 10.8 Å². The summed E-state index contributed by atoms with van der Waals surface area (Å²) in [6, 6.07) is 13.0. The molecule has 4 bridgehead atoms. The maximum absolute atomic E-state index is 14.8. The molecule has 4 saturated carbocycles. The molecule has 3 atom stereocenters. The van der Waals surface area contributed by atoms with Gasteiger partial charge in [-0.25, -0.2) is 8.42 Å². The third kappa shape index (κ3) is 4.19. The zero-order valence-corrected chi connectivity index (χ0v) is 25.4. The second kappa shape index (κ2) is 9.54. The van der Waals surface area contributed by atoms with Gasteiger partial charge in [-0.2, -0.15) is 8.42 Å². The Balaban J connectivity index is 1.35. The van der Waals surface area contributed by atoms with Gasteiger partial charge in [-0.15, -0.1) is 0 Å². The van der Waals surface area contributed by atoms with Crippen LogP contribution in [0.4, 0.5) is 0 Å². The fraction of sp³-hybridized carbons (Fsp3) is 0.529. The maximum atomic E-state index is 14.8. The Morgan fingerprint density at radius 2 is 1.60 bits per heavy atom. The number of fused-ring (bicyclic) bond motifs is 6.